The van der Waals surface area contributed by atoms with Crippen LogP contribution in [0.25, 0.3) is 0 Å². The summed E-state index contributed by atoms with van der Waals surface area (Å²) in [5.74, 6) is -0.230. The van der Waals surface area contributed by atoms with Crippen molar-refractivity contribution in [1.82, 2.24) is 9.80 Å². The van der Waals surface area contributed by atoms with Crippen molar-refractivity contribution in [2.45, 2.75) is 32.2 Å². The largest absolute Gasteiger partial charge is 0.478 e. The average molecular weight is 346 g/mol. The second kappa shape index (κ2) is 7.85. The van der Waals surface area contributed by atoms with Crippen LogP contribution in [0.15, 0.2) is 24.3 Å². The van der Waals surface area contributed by atoms with Gasteiger partial charge >= 0.3 is 5.97 Å². The number of hydrogen-bond acceptors (Lipinski definition) is 4. The highest BCUT2D eigenvalue weighted by molar-refractivity contribution is 5.87. The third kappa shape index (κ3) is 4.81. The molecule has 0 aromatic heterocycles. The van der Waals surface area contributed by atoms with E-state index in [2.05, 4.69) is 23.6 Å². The molecule has 3 rings (SSSR count). The topological polar surface area (TPSA) is 53.0 Å². The summed E-state index contributed by atoms with van der Waals surface area (Å²) >= 11 is 0. The normalized spacial score (nSPS) is 23.0. The van der Waals surface area contributed by atoms with Crippen LogP contribution in [0.4, 0.5) is 0 Å². The molecule has 2 aliphatic heterocycles. The van der Waals surface area contributed by atoms with E-state index in [1.54, 1.807) is 6.07 Å². The van der Waals surface area contributed by atoms with Crippen molar-refractivity contribution in [3.05, 3.63) is 35.4 Å². The quantitative estimate of drug-likeness (QED) is 0.857. The molecule has 25 heavy (non-hydrogen) atoms. The summed E-state index contributed by atoms with van der Waals surface area (Å²) in [5.41, 5.74) is 1.70. The molecule has 0 spiro atoms. The molecule has 0 radical (unpaired) electrons. The molecule has 2 fully saturated rings. The summed E-state index contributed by atoms with van der Waals surface area (Å²) < 4.78 is 5.48. The lowest BCUT2D eigenvalue weighted by Crippen LogP contribution is -2.55. The smallest absolute Gasteiger partial charge is 0.335 e. The molecular weight excluding hydrogens is 316 g/mol. The van der Waals surface area contributed by atoms with Crippen molar-refractivity contribution < 1.29 is 14.6 Å². The first-order chi connectivity index (χ1) is 11.9. The standard InChI is InChI=1S/C20H30N2O3/c1-20(2,22-8-10-25-11-9-22)15-21-7-6-17(14-21)12-16-4-3-5-18(13-16)19(23)24/h3-5,13,17H,6-12,14-15H2,1-2H3,(H,23,24)/t17-/m0/s1. The van der Waals surface area contributed by atoms with E-state index in [0.717, 1.165) is 57.9 Å². The number of morpholine rings is 1. The van der Waals surface area contributed by atoms with Gasteiger partial charge in [-0.3, -0.25) is 4.90 Å². The van der Waals surface area contributed by atoms with Gasteiger partial charge in [-0.05, 0) is 56.8 Å². The summed E-state index contributed by atoms with van der Waals surface area (Å²) in [5, 5.41) is 9.14. The van der Waals surface area contributed by atoms with Crippen LogP contribution >= 0.6 is 0 Å². The molecule has 1 atom stereocenters. The summed E-state index contributed by atoms with van der Waals surface area (Å²) in [6.07, 6.45) is 2.16. The Labute approximate surface area is 150 Å². The van der Waals surface area contributed by atoms with Gasteiger partial charge in [0.1, 0.15) is 0 Å². The first kappa shape index (κ1) is 18.4. The monoisotopic (exact) mass is 346 g/mol. The number of benzene rings is 1. The maximum absolute atomic E-state index is 11.1. The van der Waals surface area contributed by atoms with Gasteiger partial charge in [0.15, 0.2) is 0 Å². The number of carboxylic acid groups (broad SMARTS) is 1. The van der Waals surface area contributed by atoms with Crippen molar-refractivity contribution in [2.24, 2.45) is 5.92 Å². The molecule has 0 unspecified atom stereocenters. The van der Waals surface area contributed by atoms with Gasteiger partial charge in [-0.15, -0.1) is 0 Å². The average Bonchev–Trinajstić information content (AvgIpc) is 3.02. The summed E-state index contributed by atoms with van der Waals surface area (Å²) in [4.78, 5) is 16.2. The van der Waals surface area contributed by atoms with Crippen LogP contribution in [-0.4, -0.2) is 72.4 Å². The Hall–Kier alpha value is -1.43. The fourth-order valence-corrected chi connectivity index (χ4v) is 4.20. The van der Waals surface area contributed by atoms with Gasteiger partial charge in [0, 0.05) is 31.7 Å². The SMILES string of the molecule is CC(C)(CN1CC[C@@H](Cc2cccc(C(=O)O)c2)C1)N1CCOCC1. The molecule has 0 aliphatic carbocycles. The van der Waals surface area contributed by atoms with Crippen molar-refractivity contribution >= 4 is 5.97 Å². The predicted octanol–water partition coefficient (Wildman–Crippen LogP) is 2.36. The predicted molar refractivity (Wildman–Crippen MR) is 98.1 cm³/mol. The Morgan fingerprint density at radius 2 is 2.04 bits per heavy atom. The molecule has 1 N–H and O–H groups in total. The lowest BCUT2D eigenvalue weighted by atomic mass is 9.97. The molecule has 0 saturated carbocycles. The van der Waals surface area contributed by atoms with Crippen LogP contribution in [-0.2, 0) is 11.2 Å². The van der Waals surface area contributed by atoms with E-state index in [1.165, 1.54) is 6.42 Å². The van der Waals surface area contributed by atoms with Crippen LogP contribution in [0.2, 0.25) is 0 Å². The number of nitrogens with zero attached hydrogens (tertiary/aromatic N) is 2. The van der Waals surface area contributed by atoms with Gasteiger partial charge in [-0.2, -0.15) is 0 Å². The van der Waals surface area contributed by atoms with Crippen LogP contribution in [0.3, 0.4) is 0 Å². The van der Waals surface area contributed by atoms with Crippen molar-refractivity contribution in [1.29, 1.82) is 0 Å². The molecule has 5 heteroatoms. The van der Waals surface area contributed by atoms with Crippen molar-refractivity contribution in [3.8, 4) is 0 Å². The van der Waals surface area contributed by atoms with Crippen molar-refractivity contribution in [2.75, 3.05) is 45.9 Å². The number of carbonyl (C=O) groups is 1. The fraction of sp³-hybridized carbons (Fsp3) is 0.650. The lowest BCUT2D eigenvalue weighted by Gasteiger charge is -2.43. The second-order valence-electron chi connectivity index (χ2n) is 8.01. The maximum atomic E-state index is 11.1. The number of ether oxygens (including phenoxy) is 1. The van der Waals surface area contributed by atoms with Crippen LogP contribution in [0.5, 0.6) is 0 Å². The number of rotatable bonds is 6. The fourth-order valence-electron chi connectivity index (χ4n) is 4.20. The van der Waals surface area contributed by atoms with Crippen LogP contribution in [0.1, 0.15) is 36.2 Å². The van der Waals surface area contributed by atoms with Gasteiger partial charge < -0.3 is 14.7 Å². The van der Waals surface area contributed by atoms with E-state index >= 15 is 0 Å². The summed E-state index contributed by atoms with van der Waals surface area (Å²) in [7, 11) is 0. The van der Waals surface area contributed by atoms with Crippen LogP contribution in [0, 0.1) is 5.92 Å². The van der Waals surface area contributed by atoms with E-state index in [1.807, 2.05) is 18.2 Å². The zero-order valence-corrected chi connectivity index (χ0v) is 15.4. The van der Waals surface area contributed by atoms with Gasteiger partial charge in [0.2, 0.25) is 0 Å². The van der Waals surface area contributed by atoms with E-state index in [-0.39, 0.29) is 5.54 Å². The minimum atomic E-state index is -0.845. The molecule has 2 saturated heterocycles. The number of hydrogen-bond donors (Lipinski definition) is 1. The Bertz CT molecular complexity index is 596. The van der Waals surface area contributed by atoms with Gasteiger partial charge in [-0.1, -0.05) is 12.1 Å². The van der Waals surface area contributed by atoms with E-state index in [0.29, 0.717) is 11.5 Å². The Morgan fingerprint density at radius 1 is 1.28 bits per heavy atom. The highest BCUT2D eigenvalue weighted by atomic mass is 16.5. The number of likely N-dealkylation sites (tertiary alicyclic amines) is 1. The van der Waals surface area contributed by atoms with Gasteiger partial charge in [0.25, 0.3) is 0 Å². The van der Waals surface area contributed by atoms with E-state index in [9.17, 15) is 4.79 Å². The molecule has 1 aromatic carbocycles. The molecule has 0 bridgehead atoms. The maximum Gasteiger partial charge on any atom is 0.335 e. The number of carboxylic acids is 1. The second-order valence-corrected chi connectivity index (χ2v) is 8.01. The third-order valence-corrected chi connectivity index (χ3v) is 5.55. The molecule has 2 aliphatic rings. The Kier molecular flexibility index (Phi) is 5.77. The molecule has 5 nitrogen and oxygen atoms in total. The van der Waals surface area contributed by atoms with E-state index in [4.69, 9.17) is 9.84 Å². The minimum absolute atomic E-state index is 0.169. The summed E-state index contributed by atoms with van der Waals surface area (Å²) in [6, 6.07) is 7.39. The lowest BCUT2D eigenvalue weighted by molar-refractivity contribution is -0.0198. The molecule has 138 valence electrons. The molecule has 2 heterocycles. The zero-order chi connectivity index (χ0) is 17.9. The van der Waals surface area contributed by atoms with Crippen molar-refractivity contribution in [3.63, 3.8) is 0 Å². The first-order valence-electron chi connectivity index (χ1n) is 9.31. The highest BCUT2D eigenvalue weighted by Crippen LogP contribution is 2.25. The zero-order valence-electron chi connectivity index (χ0n) is 15.4. The Morgan fingerprint density at radius 3 is 2.76 bits per heavy atom. The first-order valence-corrected chi connectivity index (χ1v) is 9.31. The molecule has 0 amide bonds. The van der Waals surface area contributed by atoms with Crippen LogP contribution < -0.4 is 0 Å². The third-order valence-electron chi connectivity index (χ3n) is 5.55. The van der Waals surface area contributed by atoms with Gasteiger partial charge in [-0.25, -0.2) is 4.79 Å². The minimum Gasteiger partial charge on any atom is -0.478 e. The summed E-state index contributed by atoms with van der Waals surface area (Å²) in [6.45, 7) is 11.7. The number of aromatic carboxylic acids is 1. The highest BCUT2D eigenvalue weighted by Gasteiger charge is 2.33. The Balaban J connectivity index is 1.53. The molecular formula is C20H30N2O3. The van der Waals surface area contributed by atoms with E-state index < -0.39 is 5.97 Å². The molecule has 1 aromatic rings. The van der Waals surface area contributed by atoms with Gasteiger partial charge in [0.05, 0.1) is 18.8 Å².